The zero-order chi connectivity index (χ0) is 12.2. The number of carbonyl (C=O) groups excluding carboxylic acids is 1. The van der Waals surface area contributed by atoms with Crippen molar-refractivity contribution < 1.29 is 9.53 Å². The number of rotatable bonds is 5. The molecule has 0 aromatic carbocycles. The van der Waals surface area contributed by atoms with E-state index >= 15 is 0 Å². The third-order valence-electron chi connectivity index (χ3n) is 3.77. The number of piperidine rings is 1. The van der Waals surface area contributed by atoms with Gasteiger partial charge in [0.2, 0.25) is 0 Å². The molecule has 3 heteroatoms. The van der Waals surface area contributed by atoms with Crippen LogP contribution < -0.4 is 0 Å². The number of likely N-dealkylation sites (tertiary alicyclic amines) is 1. The van der Waals surface area contributed by atoms with Gasteiger partial charge in [0.25, 0.3) is 0 Å². The van der Waals surface area contributed by atoms with E-state index in [1.54, 1.807) is 7.11 Å². The van der Waals surface area contributed by atoms with Gasteiger partial charge in [-0.25, -0.2) is 0 Å². The van der Waals surface area contributed by atoms with E-state index in [9.17, 15) is 4.79 Å². The van der Waals surface area contributed by atoms with Crippen molar-refractivity contribution in [3.8, 4) is 0 Å². The molecule has 0 amide bonds. The van der Waals surface area contributed by atoms with Gasteiger partial charge in [0, 0.05) is 19.6 Å². The minimum Gasteiger partial charge on any atom is -0.377 e. The Balaban J connectivity index is 2.46. The molecule has 94 valence electrons. The summed E-state index contributed by atoms with van der Waals surface area (Å²) in [5.41, 5.74) is -0.0615. The van der Waals surface area contributed by atoms with Crippen LogP contribution >= 0.6 is 0 Å². The highest BCUT2D eigenvalue weighted by Gasteiger charge is 2.31. The van der Waals surface area contributed by atoms with Crippen LogP contribution in [0.1, 0.15) is 40.0 Å². The topological polar surface area (TPSA) is 29.5 Å². The van der Waals surface area contributed by atoms with Crippen LogP contribution in [-0.4, -0.2) is 43.0 Å². The summed E-state index contributed by atoms with van der Waals surface area (Å²) in [5.74, 6) is 0.554. The molecule has 0 radical (unpaired) electrons. The fourth-order valence-electron chi connectivity index (χ4n) is 2.21. The number of Topliss-reactive ketones (excluding diaryl/α,β-unsaturated/α-hetero) is 1. The number of ether oxygens (including phenoxy) is 1. The molecule has 1 aliphatic heterocycles. The number of nitrogens with zero attached hydrogens (tertiary/aromatic N) is 1. The summed E-state index contributed by atoms with van der Waals surface area (Å²) in [4.78, 5) is 14.1. The van der Waals surface area contributed by atoms with Crippen molar-refractivity contribution in [1.82, 2.24) is 4.90 Å². The SMILES string of the molecule is CCC(C)C(=O)CN1CCCC(C)(OC)C1. The first-order chi connectivity index (χ1) is 7.50. The van der Waals surface area contributed by atoms with Crippen LogP contribution in [0.4, 0.5) is 0 Å². The Morgan fingerprint density at radius 1 is 1.56 bits per heavy atom. The molecular formula is C13H25NO2. The average molecular weight is 227 g/mol. The molecule has 16 heavy (non-hydrogen) atoms. The van der Waals surface area contributed by atoms with Gasteiger partial charge in [-0.3, -0.25) is 9.69 Å². The first-order valence-corrected chi connectivity index (χ1v) is 6.31. The summed E-state index contributed by atoms with van der Waals surface area (Å²) >= 11 is 0. The molecule has 0 saturated carbocycles. The summed E-state index contributed by atoms with van der Waals surface area (Å²) in [6.07, 6.45) is 3.16. The van der Waals surface area contributed by atoms with Gasteiger partial charge in [-0.2, -0.15) is 0 Å². The molecule has 3 nitrogen and oxygen atoms in total. The van der Waals surface area contributed by atoms with E-state index in [1.807, 2.05) is 6.92 Å². The van der Waals surface area contributed by atoms with Crippen LogP contribution in [0, 0.1) is 5.92 Å². The van der Waals surface area contributed by atoms with Gasteiger partial charge in [0.15, 0.2) is 0 Å². The summed E-state index contributed by atoms with van der Waals surface area (Å²) in [6.45, 7) is 8.72. The van der Waals surface area contributed by atoms with E-state index in [1.165, 1.54) is 0 Å². The van der Waals surface area contributed by atoms with Crippen molar-refractivity contribution in [2.75, 3.05) is 26.7 Å². The van der Waals surface area contributed by atoms with E-state index in [0.29, 0.717) is 12.3 Å². The van der Waals surface area contributed by atoms with E-state index in [-0.39, 0.29) is 11.5 Å². The lowest BCUT2D eigenvalue weighted by Gasteiger charge is -2.39. The van der Waals surface area contributed by atoms with Crippen LogP contribution in [0.5, 0.6) is 0 Å². The monoisotopic (exact) mass is 227 g/mol. The Hall–Kier alpha value is -0.410. The molecule has 0 bridgehead atoms. The molecule has 1 fully saturated rings. The predicted octanol–water partition coefficient (Wildman–Crippen LogP) is 2.10. The number of methoxy groups -OCH3 is 1. The summed E-state index contributed by atoms with van der Waals surface area (Å²) < 4.78 is 5.52. The highest BCUT2D eigenvalue weighted by molar-refractivity contribution is 5.82. The molecule has 0 aromatic heterocycles. The molecule has 2 unspecified atom stereocenters. The largest absolute Gasteiger partial charge is 0.377 e. The molecule has 1 rings (SSSR count). The number of carbonyl (C=O) groups is 1. The second-order valence-corrected chi connectivity index (χ2v) is 5.24. The van der Waals surface area contributed by atoms with Crippen molar-refractivity contribution in [1.29, 1.82) is 0 Å². The van der Waals surface area contributed by atoms with Crippen LogP contribution in [0.2, 0.25) is 0 Å². The fourth-order valence-corrected chi connectivity index (χ4v) is 2.21. The molecule has 0 aromatic rings. The maximum absolute atomic E-state index is 11.9. The van der Waals surface area contributed by atoms with Crippen molar-refractivity contribution in [3.05, 3.63) is 0 Å². The van der Waals surface area contributed by atoms with Gasteiger partial charge in [-0.1, -0.05) is 13.8 Å². The Kier molecular flexibility index (Phi) is 4.93. The van der Waals surface area contributed by atoms with E-state index in [0.717, 1.165) is 32.4 Å². The van der Waals surface area contributed by atoms with Crippen LogP contribution in [-0.2, 0) is 9.53 Å². The van der Waals surface area contributed by atoms with Gasteiger partial charge >= 0.3 is 0 Å². The van der Waals surface area contributed by atoms with Gasteiger partial charge in [-0.05, 0) is 32.7 Å². The predicted molar refractivity (Wildman–Crippen MR) is 65.6 cm³/mol. The molecule has 1 saturated heterocycles. The zero-order valence-electron chi connectivity index (χ0n) is 11.1. The average Bonchev–Trinajstić information content (AvgIpc) is 2.28. The standard InChI is InChI=1S/C13H25NO2/c1-5-11(2)12(15)9-14-8-6-7-13(3,10-14)16-4/h11H,5-10H2,1-4H3. The second-order valence-electron chi connectivity index (χ2n) is 5.24. The van der Waals surface area contributed by atoms with Gasteiger partial charge in [-0.15, -0.1) is 0 Å². The maximum atomic E-state index is 11.9. The maximum Gasteiger partial charge on any atom is 0.149 e. The summed E-state index contributed by atoms with van der Waals surface area (Å²) in [5, 5.41) is 0. The lowest BCUT2D eigenvalue weighted by Crippen LogP contribution is -2.49. The second kappa shape index (κ2) is 5.78. The van der Waals surface area contributed by atoms with Gasteiger partial charge in [0.05, 0.1) is 12.1 Å². The van der Waals surface area contributed by atoms with Crippen molar-refractivity contribution in [2.24, 2.45) is 5.92 Å². The van der Waals surface area contributed by atoms with E-state index in [4.69, 9.17) is 4.74 Å². The quantitative estimate of drug-likeness (QED) is 0.720. The van der Waals surface area contributed by atoms with Crippen molar-refractivity contribution in [2.45, 2.75) is 45.6 Å². The van der Waals surface area contributed by atoms with E-state index in [2.05, 4.69) is 18.7 Å². The third kappa shape index (κ3) is 3.56. The zero-order valence-corrected chi connectivity index (χ0v) is 11.1. The first-order valence-electron chi connectivity index (χ1n) is 6.31. The number of hydrogen-bond donors (Lipinski definition) is 0. The Morgan fingerprint density at radius 2 is 2.25 bits per heavy atom. The Bertz CT molecular complexity index is 242. The highest BCUT2D eigenvalue weighted by Crippen LogP contribution is 2.23. The highest BCUT2D eigenvalue weighted by atomic mass is 16.5. The third-order valence-corrected chi connectivity index (χ3v) is 3.77. The molecule has 0 N–H and O–H groups in total. The molecule has 1 aliphatic rings. The van der Waals surface area contributed by atoms with Crippen molar-refractivity contribution in [3.63, 3.8) is 0 Å². The lowest BCUT2D eigenvalue weighted by atomic mass is 9.94. The van der Waals surface area contributed by atoms with Crippen LogP contribution in [0.15, 0.2) is 0 Å². The summed E-state index contributed by atoms with van der Waals surface area (Å²) in [6, 6.07) is 0. The summed E-state index contributed by atoms with van der Waals surface area (Å²) in [7, 11) is 1.76. The molecule has 0 aliphatic carbocycles. The molecule has 0 spiro atoms. The minimum absolute atomic E-state index is 0.0615. The smallest absolute Gasteiger partial charge is 0.149 e. The molecular weight excluding hydrogens is 202 g/mol. The fraction of sp³-hybridized carbons (Fsp3) is 0.923. The lowest BCUT2D eigenvalue weighted by molar-refractivity contribution is -0.125. The first kappa shape index (κ1) is 13.7. The number of ketones is 1. The number of hydrogen-bond acceptors (Lipinski definition) is 3. The van der Waals surface area contributed by atoms with Gasteiger partial charge in [0.1, 0.15) is 5.78 Å². The molecule has 1 heterocycles. The molecule has 2 atom stereocenters. The van der Waals surface area contributed by atoms with E-state index < -0.39 is 0 Å². The minimum atomic E-state index is -0.0615. The normalized spacial score (nSPS) is 29.0. The Labute approximate surface area is 99.1 Å². The van der Waals surface area contributed by atoms with Crippen molar-refractivity contribution >= 4 is 5.78 Å². The van der Waals surface area contributed by atoms with Gasteiger partial charge < -0.3 is 4.74 Å². The van der Waals surface area contributed by atoms with Crippen LogP contribution in [0.25, 0.3) is 0 Å². The Morgan fingerprint density at radius 3 is 2.81 bits per heavy atom. The van der Waals surface area contributed by atoms with Crippen LogP contribution in [0.3, 0.4) is 0 Å².